The Bertz CT molecular complexity index is 1360. The molecule has 0 aromatic heterocycles. The molecule has 1 fully saturated rings. The monoisotopic (exact) mass is 533 g/mol. The van der Waals surface area contributed by atoms with Gasteiger partial charge in [0.25, 0.3) is 5.91 Å². The molecule has 2 aliphatic rings. The van der Waals surface area contributed by atoms with Gasteiger partial charge in [0.05, 0.1) is 4.90 Å². The first-order chi connectivity index (χ1) is 16.3. The first-order valence-electron chi connectivity index (χ1n) is 11.7. The van der Waals surface area contributed by atoms with Gasteiger partial charge in [-0.25, -0.2) is 8.42 Å². The van der Waals surface area contributed by atoms with Crippen LogP contribution in [0.4, 0.5) is 0 Å². The number of carbonyl (C=O) groups excluding carboxylic acids is 1. The number of benzene rings is 3. The van der Waals surface area contributed by atoms with Gasteiger partial charge in [-0.2, -0.15) is 4.31 Å². The van der Waals surface area contributed by atoms with Crippen LogP contribution in [0.1, 0.15) is 27.9 Å². The van der Waals surface area contributed by atoms with Crippen molar-refractivity contribution >= 4 is 50.7 Å². The summed E-state index contributed by atoms with van der Waals surface area (Å²) in [4.78, 5) is 15.1. The highest BCUT2D eigenvalue weighted by Gasteiger charge is 2.31. The largest absolute Gasteiger partial charge is 0.336 e. The zero-order valence-electron chi connectivity index (χ0n) is 19.3. The second kappa shape index (κ2) is 10.4. The van der Waals surface area contributed by atoms with E-state index in [0.29, 0.717) is 36.1 Å². The molecule has 0 radical (unpaired) electrons. The molecule has 1 aliphatic carbocycles. The summed E-state index contributed by atoms with van der Waals surface area (Å²) < 4.78 is 28.0. The van der Waals surface area contributed by atoms with Gasteiger partial charge in [-0.15, -0.1) is 12.4 Å². The summed E-state index contributed by atoms with van der Waals surface area (Å²) >= 11 is 6.04. The van der Waals surface area contributed by atoms with E-state index in [-0.39, 0.29) is 36.3 Å². The molecular formula is C26H29Cl2N3O3S. The third-order valence-electron chi connectivity index (χ3n) is 7.05. The maximum atomic E-state index is 13.2. The molecule has 186 valence electrons. The van der Waals surface area contributed by atoms with Gasteiger partial charge in [-0.3, -0.25) is 4.79 Å². The lowest BCUT2D eigenvalue weighted by molar-refractivity contribution is 0.0697. The van der Waals surface area contributed by atoms with E-state index in [0.717, 1.165) is 30.0 Å². The summed E-state index contributed by atoms with van der Waals surface area (Å²) in [5, 5.41) is 2.33. The highest BCUT2D eigenvalue weighted by Crippen LogP contribution is 2.28. The molecule has 0 saturated carbocycles. The molecular weight excluding hydrogens is 505 g/mol. The predicted molar refractivity (Wildman–Crippen MR) is 142 cm³/mol. The fourth-order valence-corrected chi connectivity index (χ4v) is 6.62. The minimum atomic E-state index is -3.65. The number of hydrogen-bond donors (Lipinski definition) is 1. The van der Waals surface area contributed by atoms with Crippen LogP contribution in [0.15, 0.2) is 59.5 Å². The molecule has 3 aromatic rings. The first kappa shape index (κ1) is 25.9. The van der Waals surface area contributed by atoms with E-state index in [1.54, 1.807) is 29.2 Å². The Morgan fingerprint density at radius 1 is 0.943 bits per heavy atom. The summed E-state index contributed by atoms with van der Waals surface area (Å²) in [5.41, 5.74) is 9.02. The van der Waals surface area contributed by atoms with E-state index < -0.39 is 10.0 Å². The molecule has 0 bridgehead atoms. The predicted octanol–water partition coefficient (Wildman–Crippen LogP) is 4.13. The van der Waals surface area contributed by atoms with Gasteiger partial charge < -0.3 is 10.6 Å². The Kier molecular flexibility index (Phi) is 7.74. The topological polar surface area (TPSA) is 83.7 Å². The number of rotatable bonds is 4. The number of nitrogens with zero attached hydrogens (tertiary/aromatic N) is 2. The summed E-state index contributed by atoms with van der Waals surface area (Å²) in [6, 6.07) is 16.4. The lowest BCUT2D eigenvalue weighted by Crippen LogP contribution is -2.50. The molecule has 1 amide bonds. The number of amides is 1. The number of aryl methyl sites for hydroxylation is 1. The molecule has 1 saturated heterocycles. The number of carbonyl (C=O) groups is 1. The highest BCUT2D eigenvalue weighted by molar-refractivity contribution is 7.89. The summed E-state index contributed by atoms with van der Waals surface area (Å²) in [5.74, 6) is 0.480. The van der Waals surface area contributed by atoms with Crippen molar-refractivity contribution in [1.29, 1.82) is 0 Å². The fraction of sp³-hybridized carbons (Fsp3) is 0.346. The van der Waals surface area contributed by atoms with Crippen molar-refractivity contribution in [3.63, 3.8) is 0 Å². The Morgan fingerprint density at radius 2 is 1.66 bits per heavy atom. The van der Waals surface area contributed by atoms with Gasteiger partial charge in [0, 0.05) is 36.8 Å². The Labute approximate surface area is 217 Å². The van der Waals surface area contributed by atoms with E-state index >= 15 is 0 Å². The maximum Gasteiger partial charge on any atom is 0.253 e. The van der Waals surface area contributed by atoms with Crippen molar-refractivity contribution in [2.45, 2.75) is 24.2 Å². The number of hydrogen-bond acceptors (Lipinski definition) is 4. The normalized spacial score (nSPS) is 18.7. The number of piperazine rings is 1. The van der Waals surface area contributed by atoms with Gasteiger partial charge >= 0.3 is 0 Å². The van der Waals surface area contributed by atoms with E-state index in [9.17, 15) is 13.2 Å². The number of halogens is 2. The van der Waals surface area contributed by atoms with Crippen molar-refractivity contribution in [3.8, 4) is 0 Å². The van der Waals surface area contributed by atoms with Crippen molar-refractivity contribution in [1.82, 2.24) is 9.21 Å². The molecule has 35 heavy (non-hydrogen) atoms. The SMILES string of the molecule is Cl.NCC1CCc2cc(C(=O)N3CCN(S(=O)(=O)c4ccc5cc(Cl)ccc5c4)CC3)ccc2C1. The van der Waals surface area contributed by atoms with Gasteiger partial charge in [0.15, 0.2) is 0 Å². The molecule has 9 heteroatoms. The Morgan fingerprint density at radius 3 is 2.40 bits per heavy atom. The zero-order chi connectivity index (χ0) is 23.9. The smallest absolute Gasteiger partial charge is 0.253 e. The quantitative estimate of drug-likeness (QED) is 0.546. The zero-order valence-corrected chi connectivity index (χ0v) is 21.7. The van der Waals surface area contributed by atoms with Crippen molar-refractivity contribution in [3.05, 3.63) is 76.3 Å². The number of fused-ring (bicyclic) bond motifs is 2. The second-order valence-corrected chi connectivity index (χ2v) is 11.6. The van der Waals surface area contributed by atoms with E-state index in [1.807, 2.05) is 24.3 Å². The van der Waals surface area contributed by atoms with Crippen molar-refractivity contribution in [2.24, 2.45) is 11.7 Å². The van der Waals surface area contributed by atoms with Crippen LogP contribution in [0.3, 0.4) is 0 Å². The van der Waals surface area contributed by atoms with Crippen molar-refractivity contribution in [2.75, 3.05) is 32.7 Å². The second-order valence-electron chi connectivity index (χ2n) is 9.18. The van der Waals surface area contributed by atoms with Crippen LogP contribution in [-0.4, -0.2) is 56.3 Å². The third-order valence-corrected chi connectivity index (χ3v) is 9.18. The lowest BCUT2D eigenvalue weighted by atomic mass is 9.83. The lowest BCUT2D eigenvalue weighted by Gasteiger charge is -2.34. The molecule has 1 aliphatic heterocycles. The molecule has 6 nitrogen and oxygen atoms in total. The minimum absolute atomic E-state index is 0. The van der Waals surface area contributed by atoms with Gasteiger partial charge in [-0.1, -0.05) is 29.8 Å². The third kappa shape index (κ3) is 5.20. The first-order valence-corrected chi connectivity index (χ1v) is 13.5. The molecule has 3 aromatic carbocycles. The molecule has 1 heterocycles. The fourth-order valence-electron chi connectivity index (χ4n) is 4.98. The summed E-state index contributed by atoms with van der Waals surface area (Å²) in [7, 11) is -3.65. The number of sulfonamides is 1. The van der Waals surface area contributed by atoms with Crippen LogP contribution in [-0.2, 0) is 22.9 Å². The van der Waals surface area contributed by atoms with Gasteiger partial charge in [0.1, 0.15) is 0 Å². The highest BCUT2D eigenvalue weighted by atomic mass is 35.5. The van der Waals surface area contributed by atoms with E-state index in [2.05, 4.69) is 6.07 Å². The van der Waals surface area contributed by atoms with Crippen LogP contribution in [0.2, 0.25) is 5.02 Å². The van der Waals surface area contributed by atoms with Crippen LogP contribution < -0.4 is 5.73 Å². The summed E-state index contributed by atoms with van der Waals surface area (Å²) in [6.45, 7) is 1.98. The van der Waals surface area contributed by atoms with Crippen LogP contribution >= 0.6 is 24.0 Å². The molecule has 1 unspecified atom stereocenters. The average molecular weight is 535 g/mol. The van der Waals surface area contributed by atoms with Crippen LogP contribution in [0.25, 0.3) is 10.8 Å². The molecule has 5 rings (SSSR count). The van der Waals surface area contributed by atoms with Crippen LogP contribution in [0, 0.1) is 5.92 Å². The number of nitrogens with two attached hydrogens (primary N) is 1. The van der Waals surface area contributed by atoms with Crippen LogP contribution in [0.5, 0.6) is 0 Å². The molecule has 2 N–H and O–H groups in total. The van der Waals surface area contributed by atoms with Gasteiger partial charge in [0.2, 0.25) is 10.0 Å². The van der Waals surface area contributed by atoms with Crippen molar-refractivity contribution < 1.29 is 13.2 Å². The van der Waals surface area contributed by atoms with Gasteiger partial charge in [-0.05, 0) is 90.0 Å². The summed E-state index contributed by atoms with van der Waals surface area (Å²) in [6.07, 6.45) is 2.97. The standard InChI is InChI=1S/C26H28ClN3O3S.ClH/c27-24-7-5-22-16-25(8-6-21(22)15-24)34(32,33)30-11-9-29(10-12-30)26(31)23-4-3-19-13-18(17-28)1-2-20(19)14-23;/h3-8,14-16,18H,1-2,9-13,17,28H2;1H. The molecule has 1 atom stereocenters. The Balaban J connectivity index is 0.00000289. The average Bonchev–Trinajstić information content (AvgIpc) is 2.87. The van der Waals surface area contributed by atoms with E-state index in [1.165, 1.54) is 15.4 Å². The Hall–Kier alpha value is -2.16. The van der Waals surface area contributed by atoms with E-state index in [4.69, 9.17) is 17.3 Å². The minimum Gasteiger partial charge on any atom is -0.336 e. The maximum absolute atomic E-state index is 13.2. The molecule has 0 spiro atoms.